The highest BCUT2D eigenvalue weighted by Crippen LogP contribution is 2.18. The fraction of sp³-hybridized carbons (Fsp3) is 0.161. The van der Waals surface area contributed by atoms with E-state index in [9.17, 15) is 14.0 Å². The average Bonchev–Trinajstić information content (AvgIpc) is 2.92. The zero-order chi connectivity index (χ0) is 26.0. The molecular formula is C31H28ClFN2O2. The normalized spacial score (nSPS) is 11.5. The summed E-state index contributed by atoms with van der Waals surface area (Å²) in [7, 11) is 0. The highest BCUT2D eigenvalue weighted by Gasteiger charge is 2.30. The van der Waals surface area contributed by atoms with Crippen LogP contribution in [0.1, 0.15) is 22.3 Å². The molecule has 0 aromatic heterocycles. The molecule has 0 heterocycles. The summed E-state index contributed by atoms with van der Waals surface area (Å²) in [5, 5.41) is 3.54. The van der Waals surface area contributed by atoms with Gasteiger partial charge in [0, 0.05) is 24.5 Å². The van der Waals surface area contributed by atoms with E-state index in [1.807, 2.05) is 78.9 Å². The van der Waals surface area contributed by atoms with Crippen molar-refractivity contribution < 1.29 is 14.0 Å². The van der Waals surface area contributed by atoms with Crippen LogP contribution in [0.4, 0.5) is 4.39 Å². The minimum atomic E-state index is -0.786. The molecule has 0 radical (unpaired) electrons. The number of hydrogen-bond donors (Lipinski definition) is 1. The van der Waals surface area contributed by atoms with Crippen LogP contribution in [-0.2, 0) is 35.5 Å². The summed E-state index contributed by atoms with van der Waals surface area (Å²) in [5.41, 5.74) is 3.31. The number of carbonyl (C=O) groups excluding carboxylic acids is 2. The van der Waals surface area contributed by atoms with Crippen LogP contribution in [0.5, 0.6) is 0 Å². The fourth-order valence-corrected chi connectivity index (χ4v) is 4.36. The van der Waals surface area contributed by atoms with Crippen molar-refractivity contribution in [2.45, 2.75) is 32.0 Å². The van der Waals surface area contributed by atoms with Crippen LogP contribution in [0.3, 0.4) is 0 Å². The summed E-state index contributed by atoms with van der Waals surface area (Å²) in [5.74, 6) is -0.833. The Balaban J connectivity index is 1.64. The highest BCUT2D eigenvalue weighted by atomic mass is 35.5. The zero-order valence-electron chi connectivity index (χ0n) is 20.3. The van der Waals surface area contributed by atoms with E-state index < -0.39 is 6.04 Å². The van der Waals surface area contributed by atoms with Gasteiger partial charge in [0.25, 0.3) is 0 Å². The molecule has 1 atom stereocenters. The van der Waals surface area contributed by atoms with Crippen molar-refractivity contribution in [3.63, 3.8) is 0 Å². The summed E-state index contributed by atoms with van der Waals surface area (Å²) >= 11 is 6.29. The largest absolute Gasteiger partial charge is 0.350 e. The molecule has 0 spiro atoms. The van der Waals surface area contributed by atoms with Crippen molar-refractivity contribution in [1.29, 1.82) is 0 Å². The van der Waals surface area contributed by atoms with E-state index in [-0.39, 0.29) is 37.1 Å². The molecule has 0 aliphatic carbocycles. The molecule has 4 rings (SSSR count). The molecule has 4 aromatic carbocycles. The standard InChI is InChI=1S/C31H28ClFN2O2/c32-28-14-8-7-13-26(28)21-34-31(37)29(19-23-9-3-1-4-10-23)35(22-25-15-17-27(33)18-16-25)30(36)20-24-11-5-2-6-12-24/h1-18,29H,19-22H2,(H,34,37)/t29-/m1/s1. The summed E-state index contributed by atoms with van der Waals surface area (Å²) in [4.78, 5) is 29.0. The van der Waals surface area contributed by atoms with Crippen molar-refractivity contribution in [3.05, 3.63) is 142 Å². The molecule has 0 aliphatic heterocycles. The number of nitrogens with one attached hydrogen (secondary N) is 1. The Morgan fingerprint density at radius 2 is 1.35 bits per heavy atom. The van der Waals surface area contributed by atoms with Gasteiger partial charge in [-0.25, -0.2) is 4.39 Å². The van der Waals surface area contributed by atoms with Crippen molar-refractivity contribution >= 4 is 23.4 Å². The third-order valence-electron chi connectivity index (χ3n) is 6.15. The number of rotatable bonds is 10. The minimum Gasteiger partial charge on any atom is -0.350 e. The van der Waals surface area contributed by atoms with Crippen molar-refractivity contribution in [2.24, 2.45) is 0 Å². The topological polar surface area (TPSA) is 49.4 Å². The summed E-state index contributed by atoms with van der Waals surface area (Å²) in [6.07, 6.45) is 0.474. The number of benzene rings is 4. The van der Waals surface area contributed by atoms with Gasteiger partial charge >= 0.3 is 0 Å². The molecule has 0 saturated carbocycles. The maximum atomic E-state index is 13.7. The van der Waals surface area contributed by atoms with Crippen LogP contribution in [0.15, 0.2) is 109 Å². The molecule has 0 aliphatic rings. The van der Waals surface area contributed by atoms with E-state index in [0.717, 1.165) is 22.3 Å². The second-order valence-electron chi connectivity index (χ2n) is 8.83. The molecule has 188 valence electrons. The number of nitrogens with zero attached hydrogens (tertiary/aromatic N) is 1. The molecule has 0 unspecified atom stereocenters. The van der Waals surface area contributed by atoms with Crippen LogP contribution < -0.4 is 5.32 Å². The van der Waals surface area contributed by atoms with Gasteiger partial charge in [-0.15, -0.1) is 0 Å². The van der Waals surface area contributed by atoms with E-state index in [1.165, 1.54) is 12.1 Å². The van der Waals surface area contributed by atoms with E-state index in [1.54, 1.807) is 23.1 Å². The highest BCUT2D eigenvalue weighted by molar-refractivity contribution is 6.31. The number of amides is 2. The minimum absolute atomic E-state index is 0.144. The Morgan fingerprint density at radius 1 is 0.757 bits per heavy atom. The molecular weight excluding hydrogens is 487 g/mol. The van der Waals surface area contributed by atoms with Gasteiger partial charge in [0.2, 0.25) is 11.8 Å². The molecule has 0 fully saturated rings. The van der Waals surface area contributed by atoms with Gasteiger partial charge in [0.05, 0.1) is 6.42 Å². The first-order valence-electron chi connectivity index (χ1n) is 12.1. The van der Waals surface area contributed by atoms with Crippen LogP contribution >= 0.6 is 11.6 Å². The number of carbonyl (C=O) groups is 2. The lowest BCUT2D eigenvalue weighted by Crippen LogP contribution is -2.50. The van der Waals surface area contributed by atoms with Gasteiger partial charge in [0.1, 0.15) is 11.9 Å². The Hall–Kier alpha value is -3.96. The Labute approximate surface area is 221 Å². The first kappa shape index (κ1) is 26.1. The zero-order valence-corrected chi connectivity index (χ0v) is 21.1. The van der Waals surface area contributed by atoms with Crippen LogP contribution in [0.2, 0.25) is 5.02 Å². The molecule has 0 saturated heterocycles. The Morgan fingerprint density at radius 3 is 2.00 bits per heavy atom. The van der Waals surface area contributed by atoms with Gasteiger partial charge < -0.3 is 10.2 Å². The van der Waals surface area contributed by atoms with Crippen molar-refractivity contribution in [2.75, 3.05) is 0 Å². The second-order valence-corrected chi connectivity index (χ2v) is 9.23. The van der Waals surface area contributed by atoms with Gasteiger partial charge in [-0.05, 0) is 40.5 Å². The number of halogens is 2. The van der Waals surface area contributed by atoms with Crippen molar-refractivity contribution in [1.82, 2.24) is 10.2 Å². The van der Waals surface area contributed by atoms with Crippen LogP contribution in [0, 0.1) is 5.82 Å². The van der Waals surface area contributed by atoms with E-state index in [2.05, 4.69) is 5.32 Å². The third kappa shape index (κ3) is 7.51. The van der Waals surface area contributed by atoms with Crippen LogP contribution in [0.25, 0.3) is 0 Å². The SMILES string of the molecule is O=C(NCc1ccccc1Cl)[C@@H](Cc1ccccc1)N(Cc1ccc(F)cc1)C(=O)Cc1ccccc1. The van der Waals surface area contributed by atoms with Gasteiger partial charge in [-0.2, -0.15) is 0 Å². The lowest BCUT2D eigenvalue weighted by Gasteiger charge is -2.32. The summed E-state index contributed by atoms with van der Waals surface area (Å²) in [6.45, 7) is 0.407. The lowest BCUT2D eigenvalue weighted by molar-refractivity contribution is -0.140. The summed E-state index contributed by atoms with van der Waals surface area (Å²) < 4.78 is 13.6. The first-order chi connectivity index (χ1) is 18.0. The maximum absolute atomic E-state index is 13.7. The fourth-order valence-electron chi connectivity index (χ4n) is 4.15. The molecule has 2 amide bonds. The molecule has 1 N–H and O–H groups in total. The summed E-state index contributed by atoms with van der Waals surface area (Å²) in [6, 6.07) is 31.6. The van der Waals surface area contributed by atoms with Gasteiger partial charge in [-0.1, -0.05) is 103 Å². The van der Waals surface area contributed by atoms with E-state index >= 15 is 0 Å². The number of hydrogen-bond acceptors (Lipinski definition) is 2. The molecule has 6 heteroatoms. The predicted octanol–water partition coefficient (Wildman–Crippen LogP) is 5.98. The quantitative estimate of drug-likeness (QED) is 0.283. The predicted molar refractivity (Wildman–Crippen MR) is 144 cm³/mol. The molecule has 4 nitrogen and oxygen atoms in total. The van der Waals surface area contributed by atoms with E-state index in [0.29, 0.717) is 11.4 Å². The monoisotopic (exact) mass is 514 g/mol. The second kappa shape index (κ2) is 12.8. The third-order valence-corrected chi connectivity index (χ3v) is 6.52. The van der Waals surface area contributed by atoms with Crippen molar-refractivity contribution in [3.8, 4) is 0 Å². The van der Waals surface area contributed by atoms with Gasteiger partial charge in [-0.3, -0.25) is 9.59 Å². The van der Waals surface area contributed by atoms with Crippen LogP contribution in [-0.4, -0.2) is 22.8 Å². The molecule has 4 aromatic rings. The van der Waals surface area contributed by atoms with Gasteiger partial charge in [0.15, 0.2) is 0 Å². The molecule has 37 heavy (non-hydrogen) atoms. The first-order valence-corrected chi connectivity index (χ1v) is 12.5. The lowest BCUT2D eigenvalue weighted by atomic mass is 10.0. The molecule has 0 bridgehead atoms. The smallest absolute Gasteiger partial charge is 0.243 e. The Bertz CT molecular complexity index is 1310. The van der Waals surface area contributed by atoms with E-state index in [4.69, 9.17) is 11.6 Å². The Kier molecular flexibility index (Phi) is 9.06. The maximum Gasteiger partial charge on any atom is 0.243 e. The average molecular weight is 515 g/mol.